The van der Waals surface area contributed by atoms with Crippen molar-refractivity contribution in [3.63, 3.8) is 0 Å². The molecule has 0 radical (unpaired) electrons. The monoisotopic (exact) mass is 678 g/mol. The fourth-order valence-corrected chi connectivity index (χ4v) is 7.33. The second-order valence-electron chi connectivity index (χ2n) is 14.9. The summed E-state index contributed by atoms with van der Waals surface area (Å²) >= 11 is 0. The molecule has 4 rings (SSSR count). The van der Waals surface area contributed by atoms with E-state index in [9.17, 15) is 15.0 Å². The van der Waals surface area contributed by atoms with Crippen molar-refractivity contribution in [2.45, 2.75) is 103 Å². The van der Waals surface area contributed by atoms with Gasteiger partial charge in [-0.1, -0.05) is 107 Å². The Morgan fingerprint density at radius 2 is 1.25 bits per heavy atom. The van der Waals surface area contributed by atoms with E-state index in [0.717, 1.165) is 22.4 Å². The van der Waals surface area contributed by atoms with Crippen molar-refractivity contribution >= 4 is 14.1 Å². The number of aliphatic hydroxyl groups is 2. The Bertz CT molecular complexity index is 1420. The minimum Gasteiger partial charge on any atom is -0.497 e. The van der Waals surface area contributed by atoms with Gasteiger partial charge < -0.3 is 33.6 Å². The molecule has 3 aromatic rings. The van der Waals surface area contributed by atoms with Crippen molar-refractivity contribution in [2.24, 2.45) is 11.3 Å². The van der Waals surface area contributed by atoms with Gasteiger partial charge in [0.2, 0.25) is 0 Å². The predicted octanol–water partition coefficient (Wildman–Crippen LogP) is 6.72. The summed E-state index contributed by atoms with van der Waals surface area (Å²) in [4.78, 5) is 14.5. The molecule has 6 atom stereocenters. The van der Waals surface area contributed by atoms with Crippen LogP contribution in [0.15, 0.2) is 84.9 Å². The minimum atomic E-state index is -2.54. The number of rotatable bonds is 13. The molecule has 0 amide bonds. The average molecular weight is 679 g/mol. The van der Waals surface area contributed by atoms with E-state index in [1.54, 1.807) is 7.11 Å². The van der Waals surface area contributed by atoms with Crippen LogP contribution in [0.25, 0.3) is 0 Å². The molecule has 1 fully saturated rings. The Kier molecular flexibility index (Phi) is 12.8. The van der Waals surface area contributed by atoms with E-state index in [4.69, 9.17) is 23.4 Å². The van der Waals surface area contributed by atoms with Crippen LogP contribution in [-0.2, 0) is 43.3 Å². The van der Waals surface area contributed by atoms with Gasteiger partial charge in [-0.15, -0.1) is 0 Å². The van der Waals surface area contributed by atoms with Crippen molar-refractivity contribution < 1.29 is 38.4 Å². The molecule has 1 saturated carbocycles. The lowest BCUT2D eigenvalue weighted by molar-refractivity contribution is -0.223. The molecule has 0 aliphatic heterocycles. The van der Waals surface area contributed by atoms with Crippen LogP contribution in [0.4, 0.5) is 0 Å². The summed E-state index contributed by atoms with van der Waals surface area (Å²) in [6.07, 6.45) is -5.04. The van der Waals surface area contributed by atoms with E-state index in [1.165, 1.54) is 0 Å². The second-order valence-corrected chi connectivity index (χ2v) is 19.6. The average Bonchev–Trinajstić information content (AvgIpc) is 3.06. The number of carbonyl (C=O) groups excluding carboxylic acids is 1. The van der Waals surface area contributed by atoms with Crippen LogP contribution in [0.5, 0.6) is 5.75 Å². The molecule has 0 unspecified atom stereocenters. The summed E-state index contributed by atoms with van der Waals surface area (Å²) < 4.78 is 32.4. The van der Waals surface area contributed by atoms with Gasteiger partial charge in [0.05, 0.1) is 57.8 Å². The maximum Gasteiger partial charge on any atom is 0.192 e. The third kappa shape index (κ3) is 9.01. The fourth-order valence-electron chi connectivity index (χ4n) is 5.92. The SMILES string of the molecule is COc1ccc(CO[C@H]2[C@@H](OCc3ccccc3)[C@@H](O)[C@@H](CO)C(=O)[C@H](OCc3ccccc3)[C@H](O[Si](C)(C)C(C)(C)C)C2(C)C)cc1. The quantitative estimate of drug-likeness (QED) is 0.192. The van der Waals surface area contributed by atoms with Crippen LogP contribution >= 0.6 is 0 Å². The molecule has 3 aromatic carbocycles. The lowest BCUT2D eigenvalue weighted by Crippen LogP contribution is -2.66. The van der Waals surface area contributed by atoms with Gasteiger partial charge in [-0.2, -0.15) is 0 Å². The number of ketones is 1. The number of ether oxygens (including phenoxy) is 4. The standard InChI is InChI=1S/C39H54O8Si/c1-38(2,3)48(7,8)47-37-35(45-25-28-17-13-10-14-18-28)33(42)31(23-40)32(41)34(44-24-27-15-11-9-12-16-27)36(39(37,4)5)46-26-29-19-21-30(43-6)22-20-29/h9-22,31-32,34-37,40-41H,23-26H2,1-8H3/t31-,32+,34+,35+,36+,37+/m1/s1. The molecule has 0 saturated heterocycles. The Labute approximate surface area is 287 Å². The summed E-state index contributed by atoms with van der Waals surface area (Å²) in [5.41, 5.74) is 1.78. The number of methoxy groups -OCH3 is 1. The van der Waals surface area contributed by atoms with Crippen molar-refractivity contribution in [2.75, 3.05) is 13.7 Å². The Hall–Kier alpha value is -2.89. The molecule has 0 heterocycles. The second kappa shape index (κ2) is 16.2. The summed E-state index contributed by atoms with van der Waals surface area (Å²) in [7, 11) is -0.915. The smallest absolute Gasteiger partial charge is 0.192 e. The first-order chi connectivity index (χ1) is 22.7. The van der Waals surface area contributed by atoms with Crippen LogP contribution in [0.1, 0.15) is 51.3 Å². The Morgan fingerprint density at radius 1 is 0.750 bits per heavy atom. The number of hydrogen-bond donors (Lipinski definition) is 2. The van der Waals surface area contributed by atoms with Gasteiger partial charge in [-0.05, 0) is 47.0 Å². The highest BCUT2D eigenvalue weighted by atomic mass is 28.4. The molecule has 1 aliphatic rings. The van der Waals surface area contributed by atoms with Gasteiger partial charge in [-0.3, -0.25) is 4.79 Å². The summed E-state index contributed by atoms with van der Waals surface area (Å²) in [5.74, 6) is -0.880. The van der Waals surface area contributed by atoms with Gasteiger partial charge >= 0.3 is 0 Å². The highest BCUT2D eigenvalue weighted by Gasteiger charge is 2.58. The minimum absolute atomic E-state index is 0.157. The number of hydrogen-bond acceptors (Lipinski definition) is 8. The largest absolute Gasteiger partial charge is 0.497 e. The number of benzene rings is 3. The van der Waals surface area contributed by atoms with Gasteiger partial charge in [0.1, 0.15) is 18.0 Å². The first kappa shape index (κ1) is 37.9. The topological polar surface area (TPSA) is 104 Å². The van der Waals surface area contributed by atoms with Crippen LogP contribution < -0.4 is 4.74 Å². The lowest BCUT2D eigenvalue weighted by atomic mass is 9.69. The molecule has 262 valence electrons. The molecule has 0 spiro atoms. The van der Waals surface area contributed by atoms with Gasteiger partial charge in [-0.25, -0.2) is 0 Å². The third-order valence-electron chi connectivity index (χ3n) is 10.0. The first-order valence-electron chi connectivity index (χ1n) is 16.8. The summed E-state index contributed by atoms with van der Waals surface area (Å²) in [6, 6.07) is 26.9. The van der Waals surface area contributed by atoms with Crippen LogP contribution in [0.2, 0.25) is 18.1 Å². The highest BCUT2D eigenvalue weighted by Crippen LogP contribution is 2.46. The predicted molar refractivity (Wildman–Crippen MR) is 189 cm³/mol. The molecule has 2 N–H and O–H groups in total. The maximum absolute atomic E-state index is 14.5. The maximum atomic E-state index is 14.5. The molecule has 9 heteroatoms. The third-order valence-corrected chi connectivity index (χ3v) is 14.5. The van der Waals surface area contributed by atoms with E-state index >= 15 is 0 Å². The fraction of sp³-hybridized carbons (Fsp3) is 0.513. The molecule has 0 bridgehead atoms. The van der Waals surface area contributed by atoms with Crippen molar-refractivity contribution in [3.05, 3.63) is 102 Å². The summed E-state index contributed by atoms with van der Waals surface area (Å²) in [6.45, 7) is 14.7. The zero-order chi connectivity index (χ0) is 35.1. The lowest BCUT2D eigenvalue weighted by Gasteiger charge is -2.52. The molecule has 48 heavy (non-hydrogen) atoms. The van der Waals surface area contributed by atoms with Gasteiger partial charge in [0.15, 0.2) is 14.1 Å². The van der Waals surface area contributed by atoms with E-state index < -0.39 is 62.6 Å². The number of Topliss-reactive ketones (excluding diaryl/α,β-unsaturated/α-hetero) is 1. The molecule has 8 nitrogen and oxygen atoms in total. The van der Waals surface area contributed by atoms with E-state index in [1.807, 2.05) is 98.8 Å². The van der Waals surface area contributed by atoms with Crippen LogP contribution in [0, 0.1) is 11.3 Å². The normalized spacial score (nSPS) is 24.9. The van der Waals surface area contributed by atoms with Crippen molar-refractivity contribution in [1.29, 1.82) is 0 Å². The molecular weight excluding hydrogens is 625 g/mol. The Morgan fingerprint density at radius 3 is 1.75 bits per heavy atom. The van der Waals surface area contributed by atoms with E-state index in [0.29, 0.717) is 0 Å². The molecule has 0 aromatic heterocycles. The first-order valence-corrected chi connectivity index (χ1v) is 19.7. The number of carbonyl (C=O) groups is 1. The van der Waals surface area contributed by atoms with Crippen LogP contribution in [0.3, 0.4) is 0 Å². The van der Waals surface area contributed by atoms with E-state index in [-0.39, 0.29) is 24.9 Å². The zero-order valence-electron chi connectivity index (χ0n) is 29.7. The summed E-state index contributed by atoms with van der Waals surface area (Å²) in [5, 5.41) is 22.5. The van der Waals surface area contributed by atoms with Crippen LogP contribution in [-0.4, -0.2) is 68.6 Å². The van der Waals surface area contributed by atoms with E-state index in [2.05, 4.69) is 33.9 Å². The zero-order valence-corrected chi connectivity index (χ0v) is 30.7. The Balaban J connectivity index is 1.83. The number of aliphatic hydroxyl groups excluding tert-OH is 2. The molecule has 1 aliphatic carbocycles. The molecular formula is C39H54O8Si. The van der Waals surface area contributed by atoms with Crippen molar-refractivity contribution in [3.8, 4) is 5.75 Å². The highest BCUT2D eigenvalue weighted by molar-refractivity contribution is 6.74. The van der Waals surface area contributed by atoms with Crippen molar-refractivity contribution in [1.82, 2.24) is 0 Å². The van der Waals surface area contributed by atoms with Gasteiger partial charge in [0.25, 0.3) is 0 Å². The van der Waals surface area contributed by atoms with Gasteiger partial charge in [0, 0.05) is 5.41 Å².